The van der Waals surface area contributed by atoms with Crippen LogP contribution >= 0.6 is 23.2 Å². The van der Waals surface area contributed by atoms with Crippen LogP contribution in [0.5, 0.6) is 0 Å². The third kappa shape index (κ3) is 4.92. The summed E-state index contributed by atoms with van der Waals surface area (Å²) in [5.41, 5.74) is 1.76. The summed E-state index contributed by atoms with van der Waals surface area (Å²) in [5, 5.41) is 5.35. The second-order valence-corrected chi connectivity index (χ2v) is 10.6. The lowest BCUT2D eigenvalue weighted by molar-refractivity contribution is 0.366. The Labute approximate surface area is 187 Å². The minimum atomic E-state index is -3.52. The van der Waals surface area contributed by atoms with Gasteiger partial charge in [-0.15, -0.1) is 0 Å². The van der Waals surface area contributed by atoms with E-state index in [0.29, 0.717) is 26.4 Å². The maximum Gasteiger partial charge on any atom is 0.184 e. The number of hydrogen-bond donors (Lipinski definition) is 1. The van der Waals surface area contributed by atoms with Gasteiger partial charge in [-0.05, 0) is 55.3 Å². The van der Waals surface area contributed by atoms with E-state index in [9.17, 15) is 8.42 Å². The highest BCUT2D eigenvalue weighted by Gasteiger charge is 2.22. The van der Waals surface area contributed by atoms with E-state index in [0.717, 1.165) is 30.6 Å². The number of halogens is 2. The fraction of sp³-hybridized carbons (Fsp3) is 0.304. The molecule has 0 saturated carbocycles. The molecule has 0 radical (unpaired) electrons. The van der Waals surface area contributed by atoms with Gasteiger partial charge in [0.2, 0.25) is 0 Å². The van der Waals surface area contributed by atoms with Crippen molar-refractivity contribution >= 4 is 50.0 Å². The number of rotatable bonds is 6. The number of nitrogens with zero attached hydrogens (tertiary/aromatic N) is 1. The topological polar surface area (TPSA) is 51.1 Å². The normalized spacial score (nSPS) is 17.7. The molecular formula is C23H24Cl2N2O2S. The van der Waals surface area contributed by atoms with Crippen molar-refractivity contribution in [2.24, 2.45) is 0 Å². The number of sulfone groups is 1. The van der Waals surface area contributed by atoms with Crippen molar-refractivity contribution in [3.8, 4) is 0 Å². The molecule has 2 heterocycles. The van der Waals surface area contributed by atoms with Crippen LogP contribution in [-0.4, -0.2) is 31.3 Å². The van der Waals surface area contributed by atoms with Crippen molar-refractivity contribution in [3.63, 3.8) is 0 Å². The Bertz CT molecular complexity index is 1180. The first-order valence-corrected chi connectivity index (χ1v) is 12.5. The smallest absolute Gasteiger partial charge is 0.184 e. The molecule has 1 aromatic heterocycles. The zero-order valence-corrected chi connectivity index (χ0v) is 18.8. The molecule has 1 unspecified atom stereocenters. The standard InChI is InChI=1S/C23H24Cl2N2O2S/c24-18-7-3-5-17(13-18)6-4-12-30(28,29)23-16-27(15-20-8-1-2-11-26-20)22-10-9-19(25)14-21(22)23/h3-7,9-10,13-14,16,20,26H,1-2,8,11-12,15H2. The van der Waals surface area contributed by atoms with Crippen LogP contribution in [0, 0.1) is 0 Å². The lowest BCUT2D eigenvalue weighted by Gasteiger charge is -2.24. The van der Waals surface area contributed by atoms with E-state index >= 15 is 0 Å². The molecule has 30 heavy (non-hydrogen) atoms. The number of benzene rings is 2. The molecule has 0 bridgehead atoms. The molecule has 0 amide bonds. The quantitative estimate of drug-likeness (QED) is 0.520. The lowest BCUT2D eigenvalue weighted by atomic mass is 10.1. The summed E-state index contributed by atoms with van der Waals surface area (Å²) in [4.78, 5) is 0.326. The van der Waals surface area contributed by atoms with Crippen LogP contribution in [0.4, 0.5) is 0 Å². The maximum atomic E-state index is 13.2. The van der Waals surface area contributed by atoms with Gasteiger partial charge in [-0.25, -0.2) is 8.42 Å². The summed E-state index contributed by atoms with van der Waals surface area (Å²) in [6.45, 7) is 1.75. The van der Waals surface area contributed by atoms with E-state index in [4.69, 9.17) is 23.2 Å². The minimum absolute atomic E-state index is 0.0905. The van der Waals surface area contributed by atoms with Gasteiger partial charge in [-0.1, -0.05) is 53.9 Å². The van der Waals surface area contributed by atoms with Gasteiger partial charge in [-0.3, -0.25) is 0 Å². The molecule has 3 aromatic rings. The second kappa shape index (κ2) is 9.15. The first kappa shape index (κ1) is 21.4. The largest absolute Gasteiger partial charge is 0.345 e. The number of piperidine rings is 1. The van der Waals surface area contributed by atoms with Crippen LogP contribution in [0.1, 0.15) is 24.8 Å². The molecule has 1 aliphatic rings. The summed E-state index contributed by atoms with van der Waals surface area (Å²) in [5.74, 6) is -0.0905. The zero-order valence-electron chi connectivity index (χ0n) is 16.5. The zero-order chi connectivity index (χ0) is 21.1. The monoisotopic (exact) mass is 462 g/mol. The molecule has 1 fully saturated rings. The van der Waals surface area contributed by atoms with E-state index in [1.165, 1.54) is 12.8 Å². The number of hydrogen-bond acceptors (Lipinski definition) is 3. The number of fused-ring (bicyclic) bond motifs is 1. The third-order valence-corrected chi connectivity index (χ3v) is 7.54. The molecule has 1 atom stereocenters. The average Bonchev–Trinajstić information content (AvgIpc) is 3.07. The molecule has 4 rings (SSSR count). The highest BCUT2D eigenvalue weighted by molar-refractivity contribution is 7.91. The van der Waals surface area contributed by atoms with Gasteiger partial charge in [0.15, 0.2) is 9.84 Å². The predicted octanol–water partition coefficient (Wildman–Crippen LogP) is 5.58. The molecule has 158 valence electrons. The van der Waals surface area contributed by atoms with Crippen LogP contribution in [0.3, 0.4) is 0 Å². The van der Waals surface area contributed by atoms with E-state index in [1.54, 1.807) is 36.5 Å². The van der Waals surface area contributed by atoms with E-state index in [1.807, 2.05) is 28.8 Å². The van der Waals surface area contributed by atoms with Crippen molar-refractivity contribution in [3.05, 3.63) is 70.3 Å². The van der Waals surface area contributed by atoms with Crippen LogP contribution < -0.4 is 5.32 Å². The SMILES string of the molecule is O=S(=O)(CC=Cc1cccc(Cl)c1)c1cn(CC2CCCCN2)c2ccc(Cl)cc12. The van der Waals surface area contributed by atoms with Crippen LogP contribution in [-0.2, 0) is 16.4 Å². The summed E-state index contributed by atoms with van der Waals surface area (Å²) in [6.07, 6.45) is 8.69. The van der Waals surface area contributed by atoms with Gasteiger partial charge < -0.3 is 9.88 Å². The van der Waals surface area contributed by atoms with Gasteiger partial charge in [0, 0.05) is 39.7 Å². The summed E-state index contributed by atoms with van der Waals surface area (Å²) < 4.78 is 28.4. The lowest BCUT2D eigenvalue weighted by Crippen LogP contribution is -2.37. The number of aromatic nitrogens is 1. The summed E-state index contributed by atoms with van der Waals surface area (Å²) >= 11 is 12.2. The van der Waals surface area contributed by atoms with E-state index in [-0.39, 0.29) is 5.75 Å². The van der Waals surface area contributed by atoms with Gasteiger partial charge in [0.1, 0.15) is 0 Å². The Morgan fingerprint density at radius 1 is 1.10 bits per heavy atom. The fourth-order valence-corrected chi connectivity index (χ4v) is 5.65. The summed E-state index contributed by atoms with van der Waals surface area (Å²) in [6, 6.07) is 13.1. The molecule has 7 heteroatoms. The van der Waals surface area contributed by atoms with Gasteiger partial charge >= 0.3 is 0 Å². The third-order valence-electron chi connectivity index (χ3n) is 5.45. The van der Waals surface area contributed by atoms with Crippen molar-refractivity contribution in [1.29, 1.82) is 0 Å². The van der Waals surface area contributed by atoms with Gasteiger partial charge in [0.25, 0.3) is 0 Å². The van der Waals surface area contributed by atoms with Crippen molar-refractivity contribution in [1.82, 2.24) is 9.88 Å². The highest BCUT2D eigenvalue weighted by atomic mass is 35.5. The Hall–Kier alpha value is -1.79. The summed E-state index contributed by atoms with van der Waals surface area (Å²) in [7, 11) is -3.52. The molecule has 0 spiro atoms. The van der Waals surface area contributed by atoms with E-state index < -0.39 is 9.84 Å². The molecular weight excluding hydrogens is 439 g/mol. The van der Waals surface area contributed by atoms with Crippen molar-refractivity contribution < 1.29 is 8.42 Å². The average molecular weight is 463 g/mol. The molecule has 1 N–H and O–H groups in total. The Kier molecular flexibility index (Phi) is 6.54. The Morgan fingerprint density at radius 3 is 2.70 bits per heavy atom. The molecule has 4 nitrogen and oxygen atoms in total. The first-order valence-electron chi connectivity index (χ1n) is 10.1. The maximum absolute atomic E-state index is 13.2. The molecule has 1 saturated heterocycles. The van der Waals surface area contributed by atoms with Crippen LogP contribution in [0.25, 0.3) is 17.0 Å². The Morgan fingerprint density at radius 2 is 1.93 bits per heavy atom. The predicted molar refractivity (Wildman–Crippen MR) is 125 cm³/mol. The highest BCUT2D eigenvalue weighted by Crippen LogP contribution is 2.30. The van der Waals surface area contributed by atoms with Crippen LogP contribution in [0.15, 0.2) is 59.6 Å². The van der Waals surface area contributed by atoms with E-state index in [2.05, 4.69) is 5.32 Å². The van der Waals surface area contributed by atoms with Gasteiger partial charge in [-0.2, -0.15) is 0 Å². The Balaban J connectivity index is 1.63. The first-order chi connectivity index (χ1) is 14.4. The molecule has 2 aromatic carbocycles. The molecule has 0 aliphatic carbocycles. The van der Waals surface area contributed by atoms with Crippen molar-refractivity contribution in [2.45, 2.75) is 36.7 Å². The molecule has 1 aliphatic heterocycles. The number of nitrogens with one attached hydrogen (secondary N) is 1. The minimum Gasteiger partial charge on any atom is -0.345 e. The fourth-order valence-electron chi connectivity index (χ4n) is 3.96. The van der Waals surface area contributed by atoms with Gasteiger partial charge in [0.05, 0.1) is 10.6 Å². The second-order valence-electron chi connectivity index (χ2n) is 7.69. The van der Waals surface area contributed by atoms with Crippen molar-refractivity contribution in [2.75, 3.05) is 12.3 Å². The van der Waals surface area contributed by atoms with Crippen LogP contribution in [0.2, 0.25) is 10.0 Å².